The monoisotopic (exact) mass is 628 g/mol. The van der Waals surface area contributed by atoms with Crippen molar-refractivity contribution < 1.29 is 32.6 Å². The molecule has 3 aromatic carbocycles. The van der Waals surface area contributed by atoms with Gasteiger partial charge in [-0.15, -0.1) is 0 Å². The molecule has 1 N–H and O–H groups in total. The SMILES string of the molecule is CC(C)(C(=O)O)c1cccc(-c2ccc(CN(CC3CC=C(C(F)(F)F)O3)C(=O)c3c4c(nc5ccccc35)CCCC4)cc2)c1. The fourth-order valence-corrected chi connectivity index (χ4v) is 6.28. The van der Waals surface area contributed by atoms with Crippen molar-refractivity contribution in [1.29, 1.82) is 0 Å². The van der Waals surface area contributed by atoms with E-state index in [4.69, 9.17) is 9.72 Å². The number of ether oxygens (including phenoxy) is 1. The Morgan fingerprint density at radius 1 is 0.957 bits per heavy atom. The summed E-state index contributed by atoms with van der Waals surface area (Å²) >= 11 is 0. The van der Waals surface area contributed by atoms with Gasteiger partial charge in [0.25, 0.3) is 5.91 Å². The number of allylic oxidation sites excluding steroid dienone is 1. The van der Waals surface area contributed by atoms with Gasteiger partial charge in [0, 0.05) is 24.0 Å². The van der Waals surface area contributed by atoms with E-state index in [9.17, 15) is 27.9 Å². The molecule has 9 heteroatoms. The summed E-state index contributed by atoms with van der Waals surface area (Å²) in [6, 6.07) is 22.5. The number of pyridine rings is 1. The average molecular weight is 629 g/mol. The van der Waals surface area contributed by atoms with Crippen LogP contribution in [0.5, 0.6) is 0 Å². The number of benzene rings is 3. The van der Waals surface area contributed by atoms with Crippen molar-refractivity contribution >= 4 is 22.8 Å². The molecule has 0 spiro atoms. The van der Waals surface area contributed by atoms with Gasteiger partial charge in [0.2, 0.25) is 0 Å². The molecule has 2 heterocycles. The molecule has 1 atom stereocenters. The molecule has 0 saturated heterocycles. The molecule has 0 fully saturated rings. The summed E-state index contributed by atoms with van der Waals surface area (Å²) in [6.45, 7) is 3.47. The van der Waals surface area contributed by atoms with Gasteiger partial charge in [-0.1, -0.05) is 66.7 Å². The zero-order valence-corrected chi connectivity index (χ0v) is 25.7. The fourth-order valence-electron chi connectivity index (χ4n) is 6.28. The number of halogens is 3. The number of carbonyl (C=O) groups is 2. The van der Waals surface area contributed by atoms with E-state index in [0.29, 0.717) is 17.5 Å². The van der Waals surface area contributed by atoms with E-state index in [-0.39, 0.29) is 25.4 Å². The molecule has 46 heavy (non-hydrogen) atoms. The van der Waals surface area contributed by atoms with E-state index in [1.807, 2.05) is 66.7 Å². The lowest BCUT2D eigenvalue weighted by Crippen LogP contribution is -2.38. The number of carbonyl (C=O) groups excluding carboxylic acids is 1. The summed E-state index contributed by atoms with van der Waals surface area (Å²) in [5.41, 5.74) is 5.26. The van der Waals surface area contributed by atoms with Crippen LogP contribution < -0.4 is 0 Å². The lowest BCUT2D eigenvalue weighted by atomic mass is 9.83. The molecule has 6 nitrogen and oxygen atoms in total. The normalized spacial score (nSPS) is 16.5. The van der Waals surface area contributed by atoms with Crippen LogP contribution in [0, 0.1) is 0 Å². The minimum atomic E-state index is -4.59. The Morgan fingerprint density at radius 3 is 2.41 bits per heavy atom. The maximum absolute atomic E-state index is 14.5. The molecule has 0 radical (unpaired) electrons. The predicted octanol–water partition coefficient (Wildman–Crippen LogP) is 8.02. The Bertz CT molecular complexity index is 1830. The molecule has 1 aliphatic carbocycles. The zero-order valence-electron chi connectivity index (χ0n) is 25.7. The number of alkyl halides is 3. The van der Waals surface area contributed by atoms with E-state index in [2.05, 4.69) is 0 Å². The molecule has 0 saturated carbocycles. The summed E-state index contributed by atoms with van der Waals surface area (Å²) in [6.07, 6.45) is -0.904. The van der Waals surface area contributed by atoms with Gasteiger partial charge in [0.15, 0.2) is 5.76 Å². The number of aryl methyl sites for hydroxylation is 1. The molecule has 1 amide bonds. The van der Waals surface area contributed by atoms with Crippen LogP contribution in [0.1, 0.15) is 65.9 Å². The number of aromatic nitrogens is 1. The summed E-state index contributed by atoms with van der Waals surface area (Å²) in [7, 11) is 0. The third-order valence-corrected chi connectivity index (χ3v) is 9.01. The fraction of sp³-hybridized carbons (Fsp3) is 0.324. The third kappa shape index (κ3) is 6.23. The number of nitrogens with zero attached hydrogens (tertiary/aromatic N) is 2. The van der Waals surface area contributed by atoms with Crippen LogP contribution >= 0.6 is 0 Å². The van der Waals surface area contributed by atoms with Gasteiger partial charge >= 0.3 is 12.1 Å². The highest BCUT2D eigenvalue weighted by atomic mass is 19.4. The van der Waals surface area contributed by atoms with Crippen LogP contribution in [0.25, 0.3) is 22.0 Å². The summed E-state index contributed by atoms with van der Waals surface area (Å²) < 4.78 is 45.5. The van der Waals surface area contributed by atoms with Gasteiger partial charge in [-0.2, -0.15) is 13.2 Å². The van der Waals surface area contributed by atoms with Gasteiger partial charge in [0.05, 0.1) is 23.0 Å². The van der Waals surface area contributed by atoms with Crippen LogP contribution in [0.2, 0.25) is 0 Å². The Balaban J connectivity index is 1.33. The van der Waals surface area contributed by atoms with Gasteiger partial charge < -0.3 is 14.7 Å². The molecule has 0 bridgehead atoms. The molecule has 1 unspecified atom stereocenters. The molecular weight excluding hydrogens is 593 g/mol. The van der Waals surface area contributed by atoms with E-state index >= 15 is 0 Å². The number of fused-ring (bicyclic) bond motifs is 2. The van der Waals surface area contributed by atoms with Crippen molar-refractivity contribution in [3.8, 4) is 11.1 Å². The van der Waals surface area contributed by atoms with Crippen molar-refractivity contribution in [2.75, 3.05) is 6.54 Å². The zero-order chi connectivity index (χ0) is 32.6. The molecule has 1 aromatic heterocycles. The second-order valence-electron chi connectivity index (χ2n) is 12.6. The first-order valence-electron chi connectivity index (χ1n) is 15.5. The Hall–Kier alpha value is -4.66. The van der Waals surface area contributed by atoms with Crippen molar-refractivity contribution in [1.82, 2.24) is 9.88 Å². The van der Waals surface area contributed by atoms with Crippen LogP contribution in [0.4, 0.5) is 13.2 Å². The van der Waals surface area contributed by atoms with Gasteiger partial charge in [-0.25, -0.2) is 0 Å². The largest absolute Gasteiger partial charge is 0.484 e. The summed E-state index contributed by atoms with van der Waals surface area (Å²) in [5, 5.41) is 10.4. The predicted molar refractivity (Wildman–Crippen MR) is 169 cm³/mol. The van der Waals surface area contributed by atoms with Gasteiger partial charge in [-0.05, 0) is 79.5 Å². The molecule has 1 aliphatic heterocycles. The van der Waals surface area contributed by atoms with Crippen molar-refractivity contribution in [3.63, 3.8) is 0 Å². The van der Waals surface area contributed by atoms with Crippen molar-refractivity contribution in [3.05, 3.63) is 113 Å². The van der Waals surface area contributed by atoms with Crippen molar-refractivity contribution in [2.45, 2.75) is 70.2 Å². The number of aliphatic carboxylic acids is 1. The van der Waals surface area contributed by atoms with Crippen LogP contribution in [-0.4, -0.2) is 45.7 Å². The van der Waals surface area contributed by atoms with Crippen molar-refractivity contribution in [2.24, 2.45) is 0 Å². The third-order valence-electron chi connectivity index (χ3n) is 9.01. The first-order chi connectivity index (χ1) is 21.9. The quantitative estimate of drug-likeness (QED) is 0.214. The molecule has 238 valence electrons. The Kier molecular flexibility index (Phi) is 8.35. The number of rotatable bonds is 8. The van der Waals surface area contributed by atoms with Gasteiger partial charge in [0.1, 0.15) is 6.10 Å². The van der Waals surface area contributed by atoms with Crippen LogP contribution in [-0.2, 0) is 34.3 Å². The number of para-hydroxylation sites is 1. The topological polar surface area (TPSA) is 79.7 Å². The molecule has 4 aromatic rings. The lowest BCUT2D eigenvalue weighted by molar-refractivity contribution is -0.142. The first-order valence-corrected chi connectivity index (χ1v) is 15.5. The maximum Gasteiger partial charge on any atom is 0.448 e. The molecule has 2 aliphatic rings. The second-order valence-corrected chi connectivity index (χ2v) is 12.6. The highest BCUT2D eigenvalue weighted by Gasteiger charge is 2.41. The highest BCUT2D eigenvalue weighted by molar-refractivity contribution is 6.07. The number of carboxylic acids is 1. The smallest absolute Gasteiger partial charge is 0.448 e. The van der Waals surface area contributed by atoms with E-state index in [1.54, 1.807) is 24.8 Å². The number of amides is 1. The number of hydrogen-bond acceptors (Lipinski definition) is 4. The van der Waals surface area contributed by atoms with Gasteiger partial charge in [-0.3, -0.25) is 14.6 Å². The number of hydrogen-bond donors (Lipinski definition) is 1. The minimum absolute atomic E-state index is 0.0194. The Morgan fingerprint density at radius 2 is 1.70 bits per heavy atom. The first kappa shape index (κ1) is 31.3. The van der Waals surface area contributed by atoms with Crippen LogP contribution in [0.15, 0.2) is 84.6 Å². The summed E-state index contributed by atoms with van der Waals surface area (Å²) in [5.74, 6) is -2.19. The standard InChI is InChI=1S/C37H35F3N2O4/c1-36(2,35(44)45)26-9-7-8-25(20-26)24-16-14-23(15-17-24)21-42(22-27-18-19-32(46-27)37(38,39)40)34(43)33-28-10-3-5-12-30(28)41-31-13-6-4-11-29(31)33/h3,5,7-10,12,14-17,19-20,27H,4,6,11,13,18,21-22H2,1-2H3,(H,44,45). The second kappa shape index (κ2) is 12.3. The maximum atomic E-state index is 14.5. The number of carboxylic acid groups (broad SMARTS) is 1. The highest BCUT2D eigenvalue weighted by Crippen LogP contribution is 2.35. The Labute approximate surface area is 265 Å². The van der Waals surface area contributed by atoms with E-state index in [1.165, 1.54) is 0 Å². The molecular formula is C37H35F3N2O4. The minimum Gasteiger partial charge on any atom is -0.484 e. The van der Waals surface area contributed by atoms with E-state index < -0.39 is 29.4 Å². The lowest BCUT2D eigenvalue weighted by Gasteiger charge is -2.29. The summed E-state index contributed by atoms with van der Waals surface area (Å²) in [4.78, 5) is 32.8. The van der Waals surface area contributed by atoms with Crippen LogP contribution in [0.3, 0.4) is 0 Å². The molecule has 6 rings (SSSR count). The van der Waals surface area contributed by atoms with E-state index in [0.717, 1.165) is 64.2 Å². The average Bonchev–Trinajstić information content (AvgIpc) is 3.53.